The molecule has 0 aromatic carbocycles. The van der Waals surface area contributed by atoms with Crippen LogP contribution < -0.4 is 5.73 Å². The van der Waals surface area contributed by atoms with E-state index in [0.29, 0.717) is 11.7 Å². The van der Waals surface area contributed by atoms with E-state index in [1.54, 1.807) is 10.6 Å². The molecule has 0 fully saturated rings. The molecule has 0 unspecified atom stereocenters. The number of imidazole rings is 1. The van der Waals surface area contributed by atoms with Gasteiger partial charge in [0.05, 0.1) is 5.69 Å². The summed E-state index contributed by atoms with van der Waals surface area (Å²) in [5.74, 6) is 0. The highest BCUT2D eigenvalue weighted by molar-refractivity contribution is 9.10. The third-order valence-corrected chi connectivity index (χ3v) is 2.83. The van der Waals surface area contributed by atoms with Gasteiger partial charge in [0.2, 0.25) is 0 Å². The molecule has 0 aliphatic rings. The SMILES string of the molecule is NCCc1nc2ccc(Cl)nn2c1Br. The number of aromatic nitrogens is 3. The fraction of sp³-hybridized carbons (Fsp3) is 0.250. The minimum Gasteiger partial charge on any atom is -0.330 e. The van der Waals surface area contributed by atoms with Crippen molar-refractivity contribution in [2.75, 3.05) is 6.54 Å². The van der Waals surface area contributed by atoms with Crippen LogP contribution in [0.4, 0.5) is 0 Å². The first-order chi connectivity index (χ1) is 6.72. The largest absolute Gasteiger partial charge is 0.330 e. The van der Waals surface area contributed by atoms with Gasteiger partial charge in [-0.1, -0.05) is 11.6 Å². The van der Waals surface area contributed by atoms with E-state index in [2.05, 4.69) is 26.0 Å². The van der Waals surface area contributed by atoms with Crippen LogP contribution in [0.25, 0.3) is 5.65 Å². The summed E-state index contributed by atoms with van der Waals surface area (Å²) in [6.07, 6.45) is 0.724. The average molecular weight is 276 g/mol. The highest BCUT2D eigenvalue weighted by Crippen LogP contribution is 2.19. The zero-order valence-corrected chi connectivity index (χ0v) is 9.59. The summed E-state index contributed by atoms with van der Waals surface area (Å²) < 4.78 is 2.48. The number of hydrogen-bond donors (Lipinski definition) is 1. The Kier molecular flexibility index (Phi) is 2.71. The zero-order valence-electron chi connectivity index (χ0n) is 7.24. The van der Waals surface area contributed by atoms with Crippen molar-refractivity contribution in [3.63, 3.8) is 0 Å². The molecule has 0 aliphatic carbocycles. The van der Waals surface area contributed by atoms with Gasteiger partial charge in [-0.25, -0.2) is 9.50 Å². The summed E-state index contributed by atoms with van der Waals surface area (Å²) in [7, 11) is 0. The minimum absolute atomic E-state index is 0.440. The van der Waals surface area contributed by atoms with Crippen LogP contribution in [0.15, 0.2) is 16.7 Å². The third-order valence-electron chi connectivity index (χ3n) is 1.84. The van der Waals surface area contributed by atoms with Crippen LogP contribution in [0.5, 0.6) is 0 Å². The highest BCUT2D eigenvalue weighted by atomic mass is 79.9. The van der Waals surface area contributed by atoms with Gasteiger partial charge in [0.1, 0.15) is 9.76 Å². The molecule has 0 saturated carbocycles. The van der Waals surface area contributed by atoms with Gasteiger partial charge in [-0.15, -0.1) is 0 Å². The maximum Gasteiger partial charge on any atom is 0.155 e. The summed E-state index contributed by atoms with van der Waals surface area (Å²) in [6, 6.07) is 3.53. The Bertz CT molecular complexity index is 468. The smallest absolute Gasteiger partial charge is 0.155 e. The van der Waals surface area contributed by atoms with Crippen molar-refractivity contribution in [1.29, 1.82) is 0 Å². The topological polar surface area (TPSA) is 56.2 Å². The van der Waals surface area contributed by atoms with Crippen molar-refractivity contribution in [2.24, 2.45) is 5.73 Å². The predicted octanol–water partition coefficient (Wildman–Crippen LogP) is 1.65. The molecule has 0 amide bonds. The second-order valence-corrected chi connectivity index (χ2v) is 3.95. The molecule has 74 valence electrons. The quantitative estimate of drug-likeness (QED) is 0.906. The zero-order chi connectivity index (χ0) is 10.1. The van der Waals surface area contributed by atoms with Crippen molar-refractivity contribution < 1.29 is 0 Å². The molecular weight excluding hydrogens is 267 g/mol. The molecule has 2 N–H and O–H groups in total. The first-order valence-electron chi connectivity index (χ1n) is 4.12. The number of nitrogens with two attached hydrogens (primary N) is 1. The van der Waals surface area contributed by atoms with Gasteiger partial charge < -0.3 is 5.73 Å². The van der Waals surface area contributed by atoms with Gasteiger partial charge in [-0.05, 0) is 34.6 Å². The Labute approximate surface area is 94.2 Å². The molecule has 2 aromatic heterocycles. The molecular formula is C8H8BrClN4. The number of fused-ring (bicyclic) bond motifs is 1. The van der Waals surface area contributed by atoms with Crippen LogP contribution in [0.3, 0.4) is 0 Å². The molecule has 14 heavy (non-hydrogen) atoms. The van der Waals surface area contributed by atoms with E-state index in [4.69, 9.17) is 17.3 Å². The number of halogens is 2. The van der Waals surface area contributed by atoms with Gasteiger partial charge in [-0.2, -0.15) is 5.10 Å². The summed E-state index contributed by atoms with van der Waals surface area (Å²) in [4.78, 5) is 4.36. The first kappa shape index (κ1) is 9.89. The second-order valence-electron chi connectivity index (χ2n) is 2.81. The third kappa shape index (κ3) is 1.63. The Morgan fingerprint density at radius 1 is 1.50 bits per heavy atom. The van der Waals surface area contributed by atoms with E-state index in [-0.39, 0.29) is 0 Å². The molecule has 0 bridgehead atoms. The molecule has 2 aromatic rings. The van der Waals surface area contributed by atoms with E-state index < -0.39 is 0 Å². The second kappa shape index (κ2) is 3.84. The maximum atomic E-state index is 5.77. The molecule has 2 rings (SSSR count). The Morgan fingerprint density at radius 3 is 3.00 bits per heavy atom. The lowest BCUT2D eigenvalue weighted by molar-refractivity contribution is 0.891. The number of rotatable bonds is 2. The van der Waals surface area contributed by atoms with Gasteiger partial charge in [0.25, 0.3) is 0 Å². The molecule has 0 aliphatic heterocycles. The summed E-state index contributed by atoms with van der Waals surface area (Å²) in [6.45, 7) is 0.566. The average Bonchev–Trinajstić information content (AvgIpc) is 2.46. The van der Waals surface area contributed by atoms with Crippen LogP contribution in [0.1, 0.15) is 5.69 Å². The van der Waals surface area contributed by atoms with Gasteiger partial charge in [-0.3, -0.25) is 0 Å². The van der Waals surface area contributed by atoms with Gasteiger partial charge in [0, 0.05) is 6.42 Å². The van der Waals surface area contributed by atoms with Crippen molar-refractivity contribution in [3.05, 3.63) is 27.6 Å². The standard InChI is InChI=1S/C8H8BrClN4/c9-8-5(3-4-11)12-7-2-1-6(10)13-14(7)8/h1-2H,3-4,11H2. The first-order valence-corrected chi connectivity index (χ1v) is 5.29. The van der Waals surface area contributed by atoms with Crippen LogP contribution in [-0.2, 0) is 6.42 Å². The lowest BCUT2D eigenvalue weighted by Gasteiger charge is -1.94. The lowest BCUT2D eigenvalue weighted by atomic mass is 10.3. The lowest BCUT2D eigenvalue weighted by Crippen LogP contribution is -2.03. The van der Waals surface area contributed by atoms with Crippen molar-refractivity contribution in [1.82, 2.24) is 14.6 Å². The van der Waals surface area contributed by atoms with Gasteiger partial charge in [0.15, 0.2) is 5.65 Å². The fourth-order valence-corrected chi connectivity index (χ4v) is 1.91. The van der Waals surface area contributed by atoms with Crippen molar-refractivity contribution in [3.8, 4) is 0 Å². The molecule has 4 nitrogen and oxygen atoms in total. The Balaban J connectivity index is 2.62. The molecule has 2 heterocycles. The maximum absolute atomic E-state index is 5.77. The number of hydrogen-bond acceptors (Lipinski definition) is 3. The van der Waals surface area contributed by atoms with E-state index >= 15 is 0 Å². The normalized spacial score (nSPS) is 11.1. The molecule has 0 spiro atoms. The summed E-state index contributed by atoms with van der Waals surface area (Å²) in [5, 5.41) is 4.55. The molecule has 6 heteroatoms. The molecule has 0 radical (unpaired) electrons. The van der Waals surface area contributed by atoms with Crippen molar-refractivity contribution in [2.45, 2.75) is 6.42 Å². The van der Waals surface area contributed by atoms with Gasteiger partial charge >= 0.3 is 0 Å². The molecule has 0 saturated heterocycles. The fourth-order valence-electron chi connectivity index (χ4n) is 1.23. The Hall–Kier alpha value is -0.650. The summed E-state index contributed by atoms with van der Waals surface area (Å²) >= 11 is 9.18. The van der Waals surface area contributed by atoms with Crippen LogP contribution in [0, 0.1) is 0 Å². The predicted molar refractivity (Wildman–Crippen MR) is 58.5 cm³/mol. The van der Waals surface area contributed by atoms with E-state index in [0.717, 1.165) is 22.4 Å². The highest BCUT2D eigenvalue weighted by Gasteiger charge is 2.09. The van der Waals surface area contributed by atoms with E-state index in [9.17, 15) is 0 Å². The molecule has 0 atom stereocenters. The van der Waals surface area contributed by atoms with E-state index in [1.165, 1.54) is 0 Å². The number of nitrogens with zero attached hydrogens (tertiary/aromatic N) is 3. The van der Waals surface area contributed by atoms with Crippen LogP contribution in [0.2, 0.25) is 5.15 Å². The van der Waals surface area contributed by atoms with Crippen molar-refractivity contribution >= 4 is 33.2 Å². The van der Waals surface area contributed by atoms with Crippen LogP contribution in [-0.4, -0.2) is 21.1 Å². The minimum atomic E-state index is 0.440. The summed E-state index contributed by atoms with van der Waals surface area (Å²) in [5.41, 5.74) is 7.14. The van der Waals surface area contributed by atoms with Crippen LogP contribution >= 0.6 is 27.5 Å². The van der Waals surface area contributed by atoms with E-state index in [1.807, 2.05) is 6.07 Å². The monoisotopic (exact) mass is 274 g/mol. The Morgan fingerprint density at radius 2 is 2.29 bits per heavy atom.